The fourth-order valence-electron chi connectivity index (χ4n) is 6.04. The maximum atomic E-state index is 6.18. The quantitative estimate of drug-likeness (QED) is 0.0567. The molecule has 5 heteroatoms. The Bertz CT molecular complexity index is 1300. The van der Waals surface area contributed by atoms with E-state index in [9.17, 15) is 0 Å². The zero-order chi connectivity index (χ0) is 34.4. The van der Waals surface area contributed by atoms with E-state index in [0.29, 0.717) is 0 Å². The Morgan fingerprint density at radius 3 is 1.79 bits per heavy atom. The number of rotatable bonds is 27. The van der Waals surface area contributed by atoms with Gasteiger partial charge in [-0.1, -0.05) is 141 Å². The summed E-state index contributed by atoms with van der Waals surface area (Å²) in [4.78, 5) is 6.56. The molecule has 0 aromatic carbocycles. The highest BCUT2D eigenvalue weighted by Gasteiger charge is 2.21. The molecule has 2 N–H and O–H groups in total. The molecule has 2 heterocycles. The largest absolute Gasteiger partial charge is 0.274 e. The first-order chi connectivity index (χ1) is 22.8. The van der Waals surface area contributed by atoms with Gasteiger partial charge in [0, 0.05) is 33.9 Å². The molecule has 47 heavy (non-hydrogen) atoms. The van der Waals surface area contributed by atoms with Gasteiger partial charge in [0.2, 0.25) is 0 Å². The highest BCUT2D eigenvalue weighted by Crippen LogP contribution is 2.48. The van der Waals surface area contributed by atoms with Gasteiger partial charge in [-0.15, -0.1) is 22.7 Å². The topological polar surface area (TPSA) is 26.0 Å². The predicted octanol–water partition coefficient (Wildman–Crippen LogP) is 16.0. The van der Waals surface area contributed by atoms with Crippen LogP contribution >= 0.6 is 46.4 Å². The summed E-state index contributed by atoms with van der Waals surface area (Å²) in [6.07, 6.45) is 31.8. The lowest BCUT2D eigenvalue weighted by Crippen LogP contribution is -1.90. The molecule has 2 rings (SSSR count). The van der Waals surface area contributed by atoms with Gasteiger partial charge in [0.1, 0.15) is 0 Å². The summed E-state index contributed by atoms with van der Waals surface area (Å²) in [5, 5.41) is 6.18. The van der Waals surface area contributed by atoms with Crippen molar-refractivity contribution in [1.29, 1.82) is 0 Å². The van der Waals surface area contributed by atoms with Gasteiger partial charge < -0.3 is 0 Å². The van der Waals surface area contributed by atoms with Gasteiger partial charge in [0.15, 0.2) is 0 Å². The number of thioether (sulfide) groups is 1. The Balaban J connectivity index is 2.42. The molecule has 0 amide bonds. The Labute approximate surface area is 307 Å². The van der Waals surface area contributed by atoms with E-state index in [1.807, 2.05) is 34.4 Å². The van der Waals surface area contributed by atoms with Crippen LogP contribution in [-0.4, -0.2) is 0 Å². The van der Waals surface area contributed by atoms with Gasteiger partial charge in [-0.3, -0.25) is 5.14 Å². The second kappa shape index (κ2) is 25.0. The highest BCUT2D eigenvalue weighted by atomic mass is 32.2. The van der Waals surface area contributed by atoms with Gasteiger partial charge >= 0.3 is 0 Å². The van der Waals surface area contributed by atoms with Crippen LogP contribution in [0, 0.1) is 6.92 Å². The molecule has 0 aliphatic rings. The number of hydrogen-bond donors (Lipinski definition) is 1. The van der Waals surface area contributed by atoms with Gasteiger partial charge in [0.25, 0.3) is 0 Å². The lowest BCUT2D eigenvalue weighted by Gasteiger charge is -2.12. The molecule has 0 aliphatic heterocycles. The Morgan fingerprint density at radius 2 is 1.21 bits per heavy atom. The fourth-order valence-corrected chi connectivity index (χ4v) is 10.4. The average Bonchev–Trinajstić information content (AvgIpc) is 3.57. The van der Waals surface area contributed by atoms with Gasteiger partial charge in [-0.2, -0.15) is 0 Å². The molecule has 264 valence electrons. The Hall–Kier alpha value is -0.980. The van der Waals surface area contributed by atoms with Gasteiger partial charge in [-0.05, 0) is 107 Å². The number of allylic oxidation sites excluding steroid dienone is 5. The van der Waals surface area contributed by atoms with Crippen LogP contribution in [0.3, 0.4) is 0 Å². The van der Waals surface area contributed by atoms with Crippen LogP contribution in [0.25, 0.3) is 14.3 Å². The molecule has 0 unspecified atom stereocenters. The summed E-state index contributed by atoms with van der Waals surface area (Å²) < 4.78 is 3.09. The monoisotopic (exact) mass is 713 g/mol. The minimum Gasteiger partial charge on any atom is -0.274 e. The second-order valence-electron chi connectivity index (χ2n) is 13.3. The predicted molar refractivity (Wildman–Crippen MR) is 225 cm³/mol. The number of fused-ring (bicyclic) bond motifs is 1. The van der Waals surface area contributed by atoms with E-state index in [1.165, 1.54) is 152 Å². The molecule has 0 saturated carbocycles. The number of nitrogens with two attached hydrogens (primary N) is 1. The second-order valence-corrected chi connectivity index (χ2v) is 17.4. The maximum absolute atomic E-state index is 6.18. The standard InChI is InChI=1S/C42H67NS4/c1-9-13-17-21-25-32(5)31-36(47-43)29-30-39(33(6)26-22-18-14-10-2)44-35(8)40-38(28-24-20-16-12-4)42-41(46-40)37(34(7)45-42)27-23-19-15-11-3/h29-31H,5,8-28,43H2,1-4,6-7H3/b30-29+,36-31-,39-33+. The van der Waals surface area contributed by atoms with Crippen molar-refractivity contribution in [2.24, 2.45) is 5.14 Å². The van der Waals surface area contributed by atoms with E-state index < -0.39 is 0 Å². The van der Waals surface area contributed by atoms with Crippen molar-refractivity contribution in [2.45, 2.75) is 170 Å². The summed E-state index contributed by atoms with van der Waals surface area (Å²) in [5.74, 6) is 0. The third-order valence-electron chi connectivity index (χ3n) is 9.02. The zero-order valence-electron chi connectivity index (χ0n) is 31.0. The summed E-state index contributed by atoms with van der Waals surface area (Å²) in [6.45, 7) is 22.9. The first-order valence-electron chi connectivity index (χ1n) is 18.9. The molecule has 0 atom stereocenters. The van der Waals surface area contributed by atoms with E-state index in [0.717, 1.165) is 24.2 Å². The van der Waals surface area contributed by atoms with E-state index in [2.05, 4.69) is 66.3 Å². The molecule has 0 spiro atoms. The Morgan fingerprint density at radius 1 is 0.681 bits per heavy atom. The number of aryl methyl sites for hydroxylation is 3. The highest BCUT2D eigenvalue weighted by molar-refractivity contribution is 8.12. The molecular formula is C42H67NS4. The van der Waals surface area contributed by atoms with Crippen molar-refractivity contribution in [3.05, 3.63) is 73.2 Å². The van der Waals surface area contributed by atoms with Crippen LogP contribution < -0.4 is 5.14 Å². The average molecular weight is 714 g/mol. The third kappa shape index (κ3) is 15.2. The zero-order valence-corrected chi connectivity index (χ0v) is 34.3. The van der Waals surface area contributed by atoms with Crippen molar-refractivity contribution >= 4 is 60.7 Å². The lowest BCUT2D eigenvalue weighted by atomic mass is 10.0. The van der Waals surface area contributed by atoms with Gasteiger partial charge in [-0.25, -0.2) is 0 Å². The summed E-state index contributed by atoms with van der Waals surface area (Å²) in [6, 6.07) is 0. The minimum atomic E-state index is 1.04. The van der Waals surface area contributed by atoms with Crippen LogP contribution in [0.2, 0.25) is 0 Å². The first-order valence-corrected chi connectivity index (χ1v) is 22.2. The molecule has 0 bridgehead atoms. The number of hydrogen-bond acceptors (Lipinski definition) is 5. The lowest BCUT2D eigenvalue weighted by molar-refractivity contribution is 0.664. The van der Waals surface area contributed by atoms with E-state index in [-0.39, 0.29) is 0 Å². The summed E-state index contributed by atoms with van der Waals surface area (Å²) >= 11 is 7.29. The molecule has 1 nitrogen and oxygen atoms in total. The third-order valence-corrected chi connectivity index (χ3v) is 13.5. The molecule has 2 aromatic heterocycles. The molecule has 0 saturated heterocycles. The molecule has 0 fully saturated rings. The van der Waals surface area contributed by atoms with Crippen LogP contribution in [0.5, 0.6) is 0 Å². The van der Waals surface area contributed by atoms with Crippen molar-refractivity contribution < 1.29 is 0 Å². The number of unbranched alkanes of at least 4 members (excludes halogenated alkanes) is 12. The van der Waals surface area contributed by atoms with Crippen molar-refractivity contribution in [2.75, 3.05) is 0 Å². The summed E-state index contributed by atoms with van der Waals surface area (Å²) in [7, 11) is 0. The molecule has 0 aliphatic carbocycles. The SMILES string of the molecule is C=C(/C=C(/C=C/C(SC(=C)c1sc2c(CCCCCC)c(C)sc2c1CCCCCC)=C(/C)CCCCCC)SN)CCCCCC. The molecular weight excluding hydrogens is 647 g/mol. The van der Waals surface area contributed by atoms with E-state index >= 15 is 0 Å². The smallest absolute Gasteiger partial charge is 0.0495 e. The van der Waals surface area contributed by atoms with Crippen molar-refractivity contribution in [1.82, 2.24) is 0 Å². The Kier molecular flexibility index (Phi) is 22.5. The fraction of sp³-hybridized carbons (Fsp3) is 0.619. The van der Waals surface area contributed by atoms with Crippen LogP contribution in [0.1, 0.15) is 171 Å². The van der Waals surface area contributed by atoms with Crippen LogP contribution in [-0.2, 0) is 12.8 Å². The maximum Gasteiger partial charge on any atom is 0.0495 e. The van der Waals surface area contributed by atoms with Crippen LogP contribution in [0.15, 0.2) is 52.3 Å². The van der Waals surface area contributed by atoms with Crippen LogP contribution in [0.4, 0.5) is 0 Å². The van der Waals surface area contributed by atoms with Crippen molar-refractivity contribution in [3.63, 3.8) is 0 Å². The summed E-state index contributed by atoms with van der Waals surface area (Å²) in [5.41, 5.74) is 5.80. The van der Waals surface area contributed by atoms with Crippen molar-refractivity contribution in [3.8, 4) is 0 Å². The minimum absolute atomic E-state index is 1.04. The van der Waals surface area contributed by atoms with Gasteiger partial charge in [0.05, 0.1) is 0 Å². The molecule has 0 radical (unpaired) electrons. The van der Waals surface area contributed by atoms with E-state index in [1.54, 1.807) is 20.5 Å². The first kappa shape index (κ1) is 42.2. The van der Waals surface area contributed by atoms with E-state index in [4.69, 9.17) is 11.7 Å². The molecule has 2 aromatic rings. The number of thiophene rings is 2. The normalized spacial score (nSPS) is 12.9.